The van der Waals surface area contributed by atoms with Gasteiger partial charge in [0.25, 0.3) is 0 Å². The number of rotatable bonds is 3. The average molecular weight is 207 g/mol. The van der Waals surface area contributed by atoms with Crippen molar-refractivity contribution in [3.63, 3.8) is 0 Å². The van der Waals surface area contributed by atoms with Crippen molar-refractivity contribution in [2.75, 3.05) is 7.11 Å². The Morgan fingerprint density at radius 3 is 3.13 bits per heavy atom. The minimum atomic E-state index is -0.184. The summed E-state index contributed by atoms with van der Waals surface area (Å²) in [6.45, 7) is 0. The summed E-state index contributed by atoms with van der Waals surface area (Å²) in [5.74, 6) is -0.104. The van der Waals surface area contributed by atoms with Crippen LogP contribution < -0.4 is 0 Å². The van der Waals surface area contributed by atoms with E-state index in [9.17, 15) is 4.79 Å². The summed E-state index contributed by atoms with van der Waals surface area (Å²) in [4.78, 5) is 10.9. The number of nitriles is 1. The van der Waals surface area contributed by atoms with Crippen molar-refractivity contribution in [1.82, 2.24) is 0 Å². The molecule has 1 rings (SSSR count). The van der Waals surface area contributed by atoms with E-state index in [1.54, 1.807) is 0 Å². The van der Waals surface area contributed by atoms with Gasteiger partial charge in [-0.15, -0.1) is 0 Å². The van der Waals surface area contributed by atoms with Crippen LogP contribution in [0.5, 0.6) is 0 Å². The maximum atomic E-state index is 10.9. The Bertz CT molecular complexity index is 288. The summed E-state index contributed by atoms with van der Waals surface area (Å²) in [7, 11) is 1.40. The van der Waals surface area contributed by atoms with Gasteiger partial charge in [-0.1, -0.05) is 18.1 Å². The van der Waals surface area contributed by atoms with Crippen molar-refractivity contribution in [2.45, 2.75) is 38.5 Å². The lowest BCUT2D eigenvalue weighted by Crippen LogP contribution is -2.08. The molecular weight excluding hydrogens is 190 g/mol. The molecule has 1 unspecified atom stereocenters. The van der Waals surface area contributed by atoms with Crippen molar-refractivity contribution in [1.29, 1.82) is 5.26 Å². The Morgan fingerprint density at radius 2 is 2.47 bits per heavy atom. The number of nitrogens with zero attached hydrogens (tertiary/aromatic N) is 1. The highest BCUT2D eigenvalue weighted by molar-refractivity contribution is 5.69. The first kappa shape index (κ1) is 11.8. The molecule has 0 aromatic rings. The zero-order chi connectivity index (χ0) is 11.1. The van der Waals surface area contributed by atoms with Crippen LogP contribution in [0.25, 0.3) is 0 Å². The summed E-state index contributed by atoms with van der Waals surface area (Å²) in [5.41, 5.74) is 1.22. The third-order valence-corrected chi connectivity index (χ3v) is 2.79. The quantitative estimate of drug-likeness (QED) is 0.528. The number of esters is 1. The van der Waals surface area contributed by atoms with Crippen molar-refractivity contribution >= 4 is 5.97 Å². The van der Waals surface area contributed by atoms with Crippen LogP contribution in [0.15, 0.2) is 11.6 Å². The maximum Gasteiger partial charge on any atom is 0.305 e. The minimum absolute atomic E-state index is 0.0800. The molecule has 0 saturated heterocycles. The lowest BCUT2D eigenvalue weighted by molar-refractivity contribution is -0.140. The molecule has 15 heavy (non-hydrogen) atoms. The maximum absolute atomic E-state index is 10.9. The molecule has 0 heterocycles. The van der Waals surface area contributed by atoms with E-state index in [1.807, 2.05) is 6.08 Å². The Labute approximate surface area is 90.7 Å². The fourth-order valence-corrected chi connectivity index (χ4v) is 1.91. The molecule has 0 bridgehead atoms. The molecule has 0 aromatic carbocycles. The van der Waals surface area contributed by atoms with E-state index in [4.69, 9.17) is 5.26 Å². The molecule has 0 aromatic heterocycles. The number of allylic oxidation sites excluding steroid dienone is 2. The van der Waals surface area contributed by atoms with Gasteiger partial charge in [-0.05, 0) is 25.7 Å². The van der Waals surface area contributed by atoms with E-state index in [2.05, 4.69) is 10.8 Å². The first-order valence-electron chi connectivity index (χ1n) is 5.43. The van der Waals surface area contributed by atoms with E-state index in [1.165, 1.54) is 19.1 Å². The molecule has 1 atom stereocenters. The van der Waals surface area contributed by atoms with Crippen LogP contribution in [0.4, 0.5) is 0 Å². The molecule has 82 valence electrons. The van der Waals surface area contributed by atoms with Gasteiger partial charge in [-0.2, -0.15) is 5.26 Å². The third kappa shape index (κ3) is 3.75. The topological polar surface area (TPSA) is 50.1 Å². The lowest BCUT2D eigenvalue weighted by Gasteiger charge is -2.19. The number of ether oxygens (including phenoxy) is 1. The van der Waals surface area contributed by atoms with Crippen molar-refractivity contribution < 1.29 is 9.53 Å². The van der Waals surface area contributed by atoms with E-state index in [-0.39, 0.29) is 11.9 Å². The highest BCUT2D eigenvalue weighted by Crippen LogP contribution is 2.29. The fraction of sp³-hybridized carbons (Fsp3) is 0.667. The van der Waals surface area contributed by atoms with Gasteiger partial charge < -0.3 is 4.74 Å². The van der Waals surface area contributed by atoms with Gasteiger partial charge in [-0.25, -0.2) is 0 Å². The van der Waals surface area contributed by atoms with E-state index in [0.717, 1.165) is 19.3 Å². The second-order valence-electron chi connectivity index (χ2n) is 3.82. The monoisotopic (exact) mass is 207 g/mol. The largest absolute Gasteiger partial charge is 0.469 e. The van der Waals surface area contributed by atoms with E-state index in [0.29, 0.717) is 12.8 Å². The molecule has 1 aliphatic carbocycles. The minimum Gasteiger partial charge on any atom is -0.469 e. The van der Waals surface area contributed by atoms with E-state index >= 15 is 0 Å². The molecule has 3 heteroatoms. The molecular formula is C12H17NO2. The number of hydrogen-bond acceptors (Lipinski definition) is 3. The third-order valence-electron chi connectivity index (χ3n) is 2.79. The van der Waals surface area contributed by atoms with Crippen LogP contribution in [-0.2, 0) is 9.53 Å². The smallest absolute Gasteiger partial charge is 0.305 e. The van der Waals surface area contributed by atoms with Crippen LogP contribution in [0.3, 0.4) is 0 Å². The van der Waals surface area contributed by atoms with Gasteiger partial charge in [0, 0.05) is 6.42 Å². The van der Waals surface area contributed by atoms with Gasteiger partial charge in [0.05, 0.1) is 19.1 Å². The normalized spacial score (nSPS) is 23.5. The molecule has 3 nitrogen and oxygen atoms in total. The van der Waals surface area contributed by atoms with Crippen LogP contribution >= 0.6 is 0 Å². The number of carbonyl (C=O) groups is 1. The fourth-order valence-electron chi connectivity index (χ4n) is 1.91. The Kier molecular flexibility index (Phi) is 4.89. The second kappa shape index (κ2) is 6.23. The average Bonchev–Trinajstić information content (AvgIpc) is 2.29. The summed E-state index contributed by atoms with van der Waals surface area (Å²) in [6, 6.07) is 2.32. The van der Waals surface area contributed by atoms with Gasteiger partial charge >= 0.3 is 5.97 Å². The Morgan fingerprint density at radius 1 is 1.67 bits per heavy atom. The summed E-state index contributed by atoms with van der Waals surface area (Å²) < 4.78 is 4.56. The van der Waals surface area contributed by atoms with Crippen molar-refractivity contribution in [3.8, 4) is 6.07 Å². The molecule has 0 spiro atoms. The molecule has 0 amide bonds. The number of methoxy groups -OCH3 is 1. The molecule has 0 aliphatic heterocycles. The highest BCUT2D eigenvalue weighted by atomic mass is 16.5. The summed E-state index contributed by atoms with van der Waals surface area (Å²) >= 11 is 0. The number of hydrogen-bond donors (Lipinski definition) is 0. The first-order valence-corrected chi connectivity index (χ1v) is 5.43. The predicted molar refractivity (Wildman–Crippen MR) is 56.9 cm³/mol. The van der Waals surface area contributed by atoms with Gasteiger partial charge in [0.1, 0.15) is 0 Å². The zero-order valence-electron chi connectivity index (χ0n) is 9.16. The van der Waals surface area contributed by atoms with Crippen LogP contribution in [0.2, 0.25) is 0 Å². The van der Waals surface area contributed by atoms with Crippen LogP contribution in [0, 0.1) is 17.2 Å². The molecule has 1 saturated carbocycles. The van der Waals surface area contributed by atoms with Crippen molar-refractivity contribution in [3.05, 3.63) is 11.6 Å². The second-order valence-corrected chi connectivity index (χ2v) is 3.82. The summed E-state index contributed by atoms with van der Waals surface area (Å²) in [5, 5.41) is 8.93. The Hall–Kier alpha value is -1.30. The number of carbonyl (C=O) groups excluding carboxylic acids is 1. The zero-order valence-corrected chi connectivity index (χ0v) is 9.16. The predicted octanol–water partition coefficient (Wildman–Crippen LogP) is 2.58. The van der Waals surface area contributed by atoms with Gasteiger partial charge in [0.2, 0.25) is 0 Å². The SMILES string of the molecule is COC(=O)CC/C=C1\CCCCC1C#N. The molecule has 0 N–H and O–H groups in total. The molecule has 0 radical (unpaired) electrons. The lowest BCUT2D eigenvalue weighted by atomic mass is 9.84. The van der Waals surface area contributed by atoms with E-state index < -0.39 is 0 Å². The highest BCUT2D eigenvalue weighted by Gasteiger charge is 2.17. The van der Waals surface area contributed by atoms with Crippen LogP contribution in [-0.4, -0.2) is 13.1 Å². The van der Waals surface area contributed by atoms with Gasteiger partial charge in [0.15, 0.2) is 0 Å². The summed E-state index contributed by atoms with van der Waals surface area (Å²) in [6.07, 6.45) is 7.46. The van der Waals surface area contributed by atoms with Crippen molar-refractivity contribution in [2.24, 2.45) is 5.92 Å². The molecule has 1 fully saturated rings. The Balaban J connectivity index is 2.43. The first-order chi connectivity index (χ1) is 7.27. The van der Waals surface area contributed by atoms with Gasteiger partial charge in [-0.3, -0.25) is 4.79 Å². The standard InChI is InChI=1S/C12H17NO2/c1-15-12(14)8-4-7-10-5-2-3-6-11(10)9-13/h7,11H,2-6,8H2,1H3/b10-7+. The van der Waals surface area contributed by atoms with Crippen LogP contribution in [0.1, 0.15) is 38.5 Å². The molecule has 1 aliphatic rings.